The van der Waals surface area contributed by atoms with Crippen molar-refractivity contribution in [3.05, 3.63) is 86.4 Å². The van der Waals surface area contributed by atoms with Crippen LogP contribution in [0.25, 0.3) is 0 Å². The Labute approximate surface area is 200 Å². The number of hydrogen-bond acceptors (Lipinski definition) is 4. The number of fused-ring (bicyclic) bond motifs is 1. The summed E-state index contributed by atoms with van der Waals surface area (Å²) in [4.78, 5) is 11.9. The molecule has 3 aromatic rings. The van der Waals surface area contributed by atoms with Gasteiger partial charge in [0.1, 0.15) is 12.4 Å². The van der Waals surface area contributed by atoms with E-state index in [1.165, 1.54) is 0 Å². The van der Waals surface area contributed by atoms with E-state index in [0.29, 0.717) is 49.9 Å². The third kappa shape index (κ3) is 5.23. The van der Waals surface area contributed by atoms with Gasteiger partial charge in [-0.1, -0.05) is 53.0 Å². The molecule has 0 bridgehead atoms. The van der Waals surface area contributed by atoms with Crippen LogP contribution in [0.2, 0.25) is 15.1 Å². The molecule has 0 amide bonds. The fourth-order valence-electron chi connectivity index (χ4n) is 3.46. The number of carboxylic acids is 1. The van der Waals surface area contributed by atoms with Gasteiger partial charge in [0.05, 0.1) is 5.92 Å². The van der Waals surface area contributed by atoms with Crippen molar-refractivity contribution in [2.24, 2.45) is 5.92 Å². The number of halogens is 3. The van der Waals surface area contributed by atoms with Crippen molar-refractivity contribution in [2.75, 3.05) is 6.79 Å². The van der Waals surface area contributed by atoms with Crippen LogP contribution in [0.15, 0.2) is 54.6 Å². The third-order valence-electron chi connectivity index (χ3n) is 5.21. The Morgan fingerprint density at radius 1 is 0.938 bits per heavy atom. The lowest BCUT2D eigenvalue weighted by molar-refractivity contribution is -0.141. The first-order valence-electron chi connectivity index (χ1n) is 9.86. The second kappa shape index (κ2) is 9.90. The average Bonchev–Trinajstić information content (AvgIpc) is 3.21. The van der Waals surface area contributed by atoms with E-state index in [9.17, 15) is 9.90 Å². The van der Waals surface area contributed by atoms with Crippen LogP contribution < -0.4 is 14.2 Å². The fourth-order valence-corrected chi connectivity index (χ4v) is 4.20. The van der Waals surface area contributed by atoms with Gasteiger partial charge in [-0.05, 0) is 54.3 Å². The maximum atomic E-state index is 11.9. The second-order valence-electron chi connectivity index (χ2n) is 7.37. The number of carboxylic acid groups (broad SMARTS) is 1. The summed E-state index contributed by atoms with van der Waals surface area (Å²) >= 11 is 18.7. The summed E-state index contributed by atoms with van der Waals surface area (Å²) in [5.41, 5.74) is 2.30. The molecule has 5 nitrogen and oxygen atoms in total. The quantitative estimate of drug-likeness (QED) is 0.391. The van der Waals surface area contributed by atoms with Crippen molar-refractivity contribution in [2.45, 2.75) is 19.4 Å². The molecule has 0 saturated carbocycles. The number of ether oxygens (including phenoxy) is 3. The maximum absolute atomic E-state index is 11.9. The first-order chi connectivity index (χ1) is 15.4. The minimum atomic E-state index is -0.896. The van der Waals surface area contributed by atoms with Gasteiger partial charge in [0, 0.05) is 26.7 Å². The molecule has 0 saturated heterocycles. The zero-order valence-corrected chi connectivity index (χ0v) is 19.1. The van der Waals surface area contributed by atoms with Gasteiger partial charge in [0.15, 0.2) is 11.5 Å². The van der Waals surface area contributed by atoms with Crippen molar-refractivity contribution in [3.8, 4) is 17.2 Å². The van der Waals surface area contributed by atoms with Crippen molar-refractivity contribution < 1.29 is 24.1 Å². The van der Waals surface area contributed by atoms with E-state index < -0.39 is 11.9 Å². The van der Waals surface area contributed by atoms with E-state index in [-0.39, 0.29) is 19.8 Å². The van der Waals surface area contributed by atoms with Crippen LogP contribution in [0.5, 0.6) is 17.2 Å². The standard InChI is InChI=1S/C24H19Cl3O5/c25-19-2-1-3-20(26)18(19)12-30-17-6-4-14(5-7-17)8-16(24(28)29)9-15-10-22-23(11-21(15)27)32-13-31-22/h1-7,10-11,16H,8-9,12-13H2,(H,28,29). The van der Waals surface area contributed by atoms with E-state index >= 15 is 0 Å². The van der Waals surface area contributed by atoms with Gasteiger partial charge in [-0.3, -0.25) is 4.79 Å². The maximum Gasteiger partial charge on any atom is 0.307 e. The highest BCUT2D eigenvalue weighted by atomic mass is 35.5. The largest absolute Gasteiger partial charge is 0.489 e. The van der Waals surface area contributed by atoms with Crippen LogP contribution in [0.3, 0.4) is 0 Å². The van der Waals surface area contributed by atoms with Gasteiger partial charge >= 0.3 is 5.97 Å². The number of hydrogen-bond donors (Lipinski definition) is 1. The lowest BCUT2D eigenvalue weighted by Crippen LogP contribution is -2.19. The number of aliphatic carboxylic acids is 1. The second-order valence-corrected chi connectivity index (χ2v) is 8.59. The summed E-state index contributed by atoms with van der Waals surface area (Å²) in [6.07, 6.45) is 0.616. The highest BCUT2D eigenvalue weighted by Crippen LogP contribution is 2.38. The summed E-state index contributed by atoms with van der Waals surface area (Å²) in [5.74, 6) is 0.234. The molecule has 1 atom stereocenters. The van der Waals surface area contributed by atoms with Crippen molar-refractivity contribution in [1.82, 2.24) is 0 Å². The molecule has 1 N–H and O–H groups in total. The summed E-state index contributed by atoms with van der Waals surface area (Å²) in [6.45, 7) is 0.368. The minimum Gasteiger partial charge on any atom is -0.489 e. The van der Waals surface area contributed by atoms with Crippen LogP contribution in [0, 0.1) is 5.92 Å². The molecular formula is C24H19Cl3O5. The van der Waals surface area contributed by atoms with Crippen LogP contribution >= 0.6 is 34.8 Å². The Hall–Kier alpha value is -2.60. The molecule has 3 aromatic carbocycles. The van der Waals surface area contributed by atoms with E-state index in [1.54, 1.807) is 42.5 Å². The van der Waals surface area contributed by atoms with E-state index in [2.05, 4.69) is 0 Å². The molecule has 0 aromatic heterocycles. The van der Waals surface area contributed by atoms with Crippen molar-refractivity contribution >= 4 is 40.8 Å². The van der Waals surface area contributed by atoms with Gasteiger partial charge in [-0.2, -0.15) is 0 Å². The lowest BCUT2D eigenvalue weighted by atomic mass is 9.92. The molecule has 1 heterocycles. The molecule has 0 aliphatic carbocycles. The topological polar surface area (TPSA) is 65.0 Å². The van der Waals surface area contributed by atoms with E-state index in [4.69, 9.17) is 49.0 Å². The Morgan fingerprint density at radius 3 is 2.25 bits per heavy atom. The molecule has 32 heavy (non-hydrogen) atoms. The Balaban J connectivity index is 1.41. The summed E-state index contributed by atoms with van der Waals surface area (Å²) in [5, 5.41) is 11.3. The van der Waals surface area contributed by atoms with Gasteiger partial charge in [-0.15, -0.1) is 0 Å². The minimum absolute atomic E-state index is 0.134. The lowest BCUT2D eigenvalue weighted by Gasteiger charge is -2.15. The fraction of sp³-hybridized carbons (Fsp3) is 0.208. The first kappa shape index (κ1) is 22.6. The molecule has 8 heteroatoms. The molecule has 166 valence electrons. The van der Waals surface area contributed by atoms with E-state index in [0.717, 1.165) is 5.56 Å². The monoisotopic (exact) mass is 492 g/mol. The molecule has 0 radical (unpaired) electrons. The first-order valence-corrected chi connectivity index (χ1v) is 11.0. The van der Waals surface area contributed by atoms with Crippen molar-refractivity contribution in [1.29, 1.82) is 0 Å². The molecule has 1 aliphatic rings. The molecule has 0 spiro atoms. The summed E-state index contributed by atoms with van der Waals surface area (Å²) in [6, 6.07) is 16.0. The van der Waals surface area contributed by atoms with Crippen molar-refractivity contribution in [3.63, 3.8) is 0 Å². The number of benzene rings is 3. The van der Waals surface area contributed by atoms with Gasteiger partial charge in [0.25, 0.3) is 0 Å². The van der Waals surface area contributed by atoms with Crippen LogP contribution in [0.4, 0.5) is 0 Å². The average molecular weight is 494 g/mol. The van der Waals surface area contributed by atoms with Gasteiger partial charge in [-0.25, -0.2) is 0 Å². The SMILES string of the molecule is O=C(O)C(Cc1ccc(OCc2c(Cl)cccc2Cl)cc1)Cc1cc2c(cc1Cl)OCO2. The zero-order valence-electron chi connectivity index (χ0n) is 16.8. The van der Waals surface area contributed by atoms with Crippen LogP contribution in [-0.2, 0) is 24.2 Å². The highest BCUT2D eigenvalue weighted by molar-refractivity contribution is 6.36. The molecular weight excluding hydrogens is 475 g/mol. The Morgan fingerprint density at radius 2 is 1.59 bits per heavy atom. The van der Waals surface area contributed by atoms with Gasteiger partial charge in [0.2, 0.25) is 6.79 Å². The Bertz CT molecular complexity index is 1110. The molecule has 1 unspecified atom stereocenters. The van der Waals surface area contributed by atoms with E-state index in [1.807, 2.05) is 12.1 Å². The molecule has 1 aliphatic heterocycles. The van der Waals surface area contributed by atoms with Gasteiger partial charge < -0.3 is 19.3 Å². The normalized spacial score (nSPS) is 13.1. The van der Waals surface area contributed by atoms with Crippen LogP contribution in [-0.4, -0.2) is 17.9 Å². The number of rotatable bonds is 8. The Kier molecular flexibility index (Phi) is 6.99. The molecule has 0 fully saturated rings. The summed E-state index contributed by atoms with van der Waals surface area (Å²) < 4.78 is 16.5. The predicted molar refractivity (Wildman–Crippen MR) is 123 cm³/mol. The predicted octanol–water partition coefficient (Wildman–Crippen LogP) is 6.44. The highest BCUT2D eigenvalue weighted by Gasteiger charge is 2.23. The summed E-state index contributed by atoms with van der Waals surface area (Å²) in [7, 11) is 0. The number of carbonyl (C=O) groups is 1. The van der Waals surface area contributed by atoms with Crippen LogP contribution in [0.1, 0.15) is 16.7 Å². The third-order valence-corrected chi connectivity index (χ3v) is 6.27. The molecule has 4 rings (SSSR count). The smallest absolute Gasteiger partial charge is 0.307 e. The zero-order chi connectivity index (χ0) is 22.7.